The SMILES string of the molecule is O=C(C=C1CCSCC1)NCC(O)c1ccccc1Cl. The number of carbonyl (C=O) groups excluding carboxylic acids is 1. The number of hydrogen-bond acceptors (Lipinski definition) is 3. The number of aliphatic hydroxyl groups excluding tert-OH is 1. The van der Waals surface area contributed by atoms with Gasteiger partial charge in [-0.15, -0.1) is 0 Å². The van der Waals surface area contributed by atoms with Gasteiger partial charge in [-0.2, -0.15) is 11.8 Å². The van der Waals surface area contributed by atoms with Crippen molar-refractivity contribution in [3.05, 3.63) is 46.5 Å². The van der Waals surface area contributed by atoms with Gasteiger partial charge < -0.3 is 10.4 Å². The molecule has 1 atom stereocenters. The molecule has 1 amide bonds. The smallest absolute Gasteiger partial charge is 0.244 e. The molecule has 1 heterocycles. The largest absolute Gasteiger partial charge is 0.387 e. The van der Waals surface area contributed by atoms with Gasteiger partial charge >= 0.3 is 0 Å². The lowest BCUT2D eigenvalue weighted by Gasteiger charge is -2.15. The average Bonchev–Trinajstić information content (AvgIpc) is 2.46. The molecule has 0 radical (unpaired) electrons. The van der Waals surface area contributed by atoms with Gasteiger partial charge in [0.1, 0.15) is 0 Å². The molecule has 0 aromatic heterocycles. The molecule has 0 spiro atoms. The summed E-state index contributed by atoms with van der Waals surface area (Å²) in [5, 5.41) is 13.3. The van der Waals surface area contributed by atoms with E-state index in [-0.39, 0.29) is 12.5 Å². The van der Waals surface area contributed by atoms with E-state index < -0.39 is 6.10 Å². The average molecular weight is 312 g/mol. The van der Waals surface area contributed by atoms with Crippen molar-refractivity contribution in [1.29, 1.82) is 0 Å². The van der Waals surface area contributed by atoms with E-state index >= 15 is 0 Å². The lowest BCUT2D eigenvalue weighted by Crippen LogP contribution is -2.27. The zero-order chi connectivity index (χ0) is 14.4. The Morgan fingerprint density at radius 1 is 1.40 bits per heavy atom. The second-order valence-corrected chi connectivity index (χ2v) is 6.33. The number of aliphatic hydroxyl groups is 1. The fourth-order valence-corrected chi connectivity index (χ4v) is 3.35. The third kappa shape index (κ3) is 4.54. The van der Waals surface area contributed by atoms with Gasteiger partial charge in [0.2, 0.25) is 5.91 Å². The van der Waals surface area contributed by atoms with E-state index in [1.165, 1.54) is 5.57 Å². The highest BCUT2D eigenvalue weighted by atomic mass is 35.5. The van der Waals surface area contributed by atoms with Crippen LogP contribution in [0, 0.1) is 0 Å². The molecule has 1 aliphatic rings. The fraction of sp³-hybridized carbons (Fsp3) is 0.400. The van der Waals surface area contributed by atoms with Crippen LogP contribution in [-0.4, -0.2) is 29.1 Å². The minimum atomic E-state index is -0.784. The van der Waals surface area contributed by atoms with Crippen LogP contribution in [0.5, 0.6) is 0 Å². The summed E-state index contributed by atoms with van der Waals surface area (Å²) in [7, 11) is 0. The van der Waals surface area contributed by atoms with Crippen LogP contribution in [0.4, 0.5) is 0 Å². The Morgan fingerprint density at radius 3 is 2.80 bits per heavy atom. The van der Waals surface area contributed by atoms with Crippen LogP contribution < -0.4 is 5.32 Å². The number of carbonyl (C=O) groups is 1. The van der Waals surface area contributed by atoms with E-state index in [9.17, 15) is 9.90 Å². The first-order chi connectivity index (χ1) is 9.66. The van der Waals surface area contributed by atoms with Crippen LogP contribution in [0.25, 0.3) is 0 Å². The summed E-state index contributed by atoms with van der Waals surface area (Å²) in [6.07, 6.45) is 2.84. The first kappa shape index (κ1) is 15.4. The number of allylic oxidation sites excluding steroid dienone is 1. The monoisotopic (exact) mass is 311 g/mol. The topological polar surface area (TPSA) is 49.3 Å². The molecule has 5 heteroatoms. The summed E-state index contributed by atoms with van der Waals surface area (Å²) >= 11 is 7.92. The van der Waals surface area contributed by atoms with Crippen LogP contribution in [0.2, 0.25) is 5.02 Å². The van der Waals surface area contributed by atoms with Crippen LogP contribution in [0.15, 0.2) is 35.9 Å². The van der Waals surface area contributed by atoms with Crippen molar-refractivity contribution in [2.75, 3.05) is 18.1 Å². The number of hydrogen-bond donors (Lipinski definition) is 2. The van der Waals surface area contributed by atoms with Crippen LogP contribution in [0.3, 0.4) is 0 Å². The standard InChI is InChI=1S/C15H18ClNO2S/c16-13-4-2-1-3-12(13)14(18)10-17-15(19)9-11-5-7-20-8-6-11/h1-4,9,14,18H,5-8,10H2,(H,17,19). The second kappa shape index (κ2) is 7.72. The van der Waals surface area contributed by atoms with Crippen molar-refractivity contribution in [1.82, 2.24) is 5.32 Å². The van der Waals surface area contributed by atoms with E-state index in [2.05, 4.69) is 5.32 Å². The molecule has 1 unspecified atom stereocenters. The highest BCUT2D eigenvalue weighted by Crippen LogP contribution is 2.23. The predicted octanol–water partition coefficient (Wildman–Crippen LogP) is 2.94. The molecule has 1 saturated heterocycles. The Hall–Kier alpha value is -0.970. The minimum absolute atomic E-state index is 0.141. The van der Waals surface area contributed by atoms with Crippen molar-refractivity contribution in [3.8, 4) is 0 Å². The second-order valence-electron chi connectivity index (χ2n) is 4.70. The summed E-state index contributed by atoms with van der Waals surface area (Å²) in [5.74, 6) is 2.03. The number of benzene rings is 1. The molecular formula is C15H18ClNO2S. The van der Waals surface area contributed by atoms with Gasteiger partial charge in [0, 0.05) is 23.2 Å². The predicted molar refractivity (Wildman–Crippen MR) is 84.1 cm³/mol. The molecule has 2 rings (SSSR count). The number of thioether (sulfide) groups is 1. The maximum Gasteiger partial charge on any atom is 0.244 e. The van der Waals surface area contributed by atoms with Crippen LogP contribution in [0.1, 0.15) is 24.5 Å². The lowest BCUT2D eigenvalue weighted by atomic mass is 10.1. The molecule has 108 valence electrons. The third-order valence-electron chi connectivity index (χ3n) is 3.20. The normalized spacial score (nSPS) is 16.6. The Morgan fingerprint density at radius 2 is 2.10 bits per heavy atom. The number of halogens is 1. The van der Waals surface area contributed by atoms with Crippen molar-refractivity contribution in [3.63, 3.8) is 0 Å². The molecule has 0 bridgehead atoms. The van der Waals surface area contributed by atoms with Crippen molar-refractivity contribution in [2.45, 2.75) is 18.9 Å². The molecular weight excluding hydrogens is 294 g/mol. The van der Waals surface area contributed by atoms with E-state index in [1.807, 2.05) is 23.9 Å². The van der Waals surface area contributed by atoms with E-state index in [0.29, 0.717) is 10.6 Å². The molecule has 20 heavy (non-hydrogen) atoms. The van der Waals surface area contributed by atoms with Crippen molar-refractivity contribution >= 4 is 29.3 Å². The Kier molecular flexibility index (Phi) is 5.95. The Bertz CT molecular complexity index is 496. The molecule has 1 fully saturated rings. The van der Waals surface area contributed by atoms with Crippen molar-refractivity contribution < 1.29 is 9.90 Å². The fourth-order valence-electron chi connectivity index (χ4n) is 2.07. The molecule has 1 aromatic rings. The Labute approximate surface area is 128 Å². The van der Waals surface area contributed by atoms with Gasteiger partial charge in [-0.3, -0.25) is 4.79 Å². The molecule has 1 aliphatic heterocycles. The summed E-state index contributed by atoms with van der Waals surface area (Å²) in [5.41, 5.74) is 1.82. The van der Waals surface area contributed by atoms with Gasteiger partial charge in [-0.25, -0.2) is 0 Å². The molecule has 0 aliphatic carbocycles. The van der Waals surface area contributed by atoms with Gasteiger partial charge in [0.05, 0.1) is 6.10 Å². The number of rotatable bonds is 4. The van der Waals surface area contributed by atoms with Crippen LogP contribution >= 0.6 is 23.4 Å². The summed E-state index contributed by atoms with van der Waals surface area (Å²) in [6, 6.07) is 7.11. The molecule has 3 nitrogen and oxygen atoms in total. The highest BCUT2D eigenvalue weighted by molar-refractivity contribution is 7.99. The maximum atomic E-state index is 11.8. The van der Waals surface area contributed by atoms with Gasteiger partial charge in [0.25, 0.3) is 0 Å². The summed E-state index contributed by atoms with van der Waals surface area (Å²) in [6.45, 7) is 0.168. The van der Waals surface area contributed by atoms with Crippen LogP contribution in [-0.2, 0) is 4.79 Å². The first-order valence-corrected chi connectivity index (χ1v) is 8.17. The summed E-state index contributed by atoms with van der Waals surface area (Å²) < 4.78 is 0. The van der Waals surface area contributed by atoms with Gasteiger partial charge in [-0.1, -0.05) is 35.4 Å². The molecule has 2 N–H and O–H groups in total. The van der Waals surface area contributed by atoms with E-state index in [4.69, 9.17) is 11.6 Å². The highest BCUT2D eigenvalue weighted by Gasteiger charge is 2.12. The molecule has 1 aromatic carbocycles. The van der Waals surface area contributed by atoms with Crippen molar-refractivity contribution in [2.24, 2.45) is 0 Å². The number of nitrogens with one attached hydrogen (secondary N) is 1. The summed E-state index contributed by atoms with van der Waals surface area (Å²) in [4.78, 5) is 11.8. The van der Waals surface area contributed by atoms with E-state index in [0.717, 1.165) is 24.3 Å². The quantitative estimate of drug-likeness (QED) is 0.841. The zero-order valence-corrected chi connectivity index (χ0v) is 12.7. The lowest BCUT2D eigenvalue weighted by molar-refractivity contribution is -0.117. The zero-order valence-electron chi connectivity index (χ0n) is 11.1. The third-order valence-corrected chi connectivity index (χ3v) is 4.53. The van der Waals surface area contributed by atoms with Gasteiger partial charge in [0.15, 0.2) is 0 Å². The number of amides is 1. The van der Waals surface area contributed by atoms with Gasteiger partial charge in [-0.05, 0) is 30.4 Å². The molecule has 0 saturated carbocycles. The Balaban J connectivity index is 1.85. The maximum absolute atomic E-state index is 11.8. The minimum Gasteiger partial charge on any atom is -0.387 e. The van der Waals surface area contributed by atoms with E-state index in [1.54, 1.807) is 18.2 Å². The first-order valence-electron chi connectivity index (χ1n) is 6.64.